The van der Waals surface area contributed by atoms with Gasteiger partial charge in [-0.2, -0.15) is 0 Å². The van der Waals surface area contributed by atoms with Gasteiger partial charge in [-0.05, 0) is 17.2 Å². The van der Waals surface area contributed by atoms with Gasteiger partial charge >= 0.3 is 0 Å². The summed E-state index contributed by atoms with van der Waals surface area (Å²) in [5, 5.41) is 0. The Balaban J connectivity index is 2.57. The summed E-state index contributed by atoms with van der Waals surface area (Å²) in [5.74, 6) is 0. The number of halogens is 3. The fourth-order valence-corrected chi connectivity index (χ4v) is 3.10. The molecule has 0 aromatic heterocycles. The third kappa shape index (κ3) is 1.21. The molecule has 11 heavy (non-hydrogen) atoms. The quantitative estimate of drug-likeness (QED) is 0.627. The fourth-order valence-electron chi connectivity index (χ4n) is 1.29. The Bertz CT molecular complexity index is 304. The van der Waals surface area contributed by atoms with Crippen LogP contribution in [0.2, 0.25) is 0 Å². The third-order valence-corrected chi connectivity index (χ3v) is 4.07. The highest BCUT2D eigenvalue weighted by Gasteiger charge is 2.38. The van der Waals surface area contributed by atoms with E-state index in [0.29, 0.717) is 0 Å². The lowest BCUT2D eigenvalue weighted by Crippen LogP contribution is -2.26. The van der Waals surface area contributed by atoms with E-state index in [1.54, 1.807) is 0 Å². The van der Waals surface area contributed by atoms with Gasteiger partial charge in [0.1, 0.15) is 3.23 Å². The van der Waals surface area contributed by atoms with Crippen molar-refractivity contribution in [3.63, 3.8) is 0 Å². The van der Waals surface area contributed by atoms with Crippen molar-refractivity contribution in [3.05, 3.63) is 33.8 Å². The van der Waals surface area contributed by atoms with Crippen LogP contribution in [0.1, 0.15) is 11.1 Å². The largest absolute Gasteiger partial charge is 0.110 e. The van der Waals surface area contributed by atoms with Gasteiger partial charge in [0.2, 0.25) is 0 Å². The van der Waals surface area contributed by atoms with Crippen LogP contribution in [-0.2, 0) is 9.65 Å². The van der Waals surface area contributed by atoms with Crippen LogP contribution in [0.5, 0.6) is 0 Å². The molecule has 2 rings (SSSR count). The van der Waals surface area contributed by atoms with Gasteiger partial charge in [-0.3, -0.25) is 0 Å². The van der Waals surface area contributed by atoms with E-state index in [9.17, 15) is 0 Å². The molecule has 1 aliphatic carbocycles. The summed E-state index contributed by atoms with van der Waals surface area (Å²) in [6.07, 6.45) is 1.05. The molecule has 1 aliphatic rings. The molecule has 0 nitrogen and oxygen atoms in total. The highest BCUT2D eigenvalue weighted by molar-refractivity contribution is 9.24. The van der Waals surface area contributed by atoms with E-state index in [2.05, 4.69) is 66.0 Å². The summed E-state index contributed by atoms with van der Waals surface area (Å²) < 4.78 is 1.25. The Morgan fingerprint density at radius 3 is 2.55 bits per heavy atom. The van der Waals surface area contributed by atoms with Crippen molar-refractivity contribution in [1.29, 1.82) is 0 Å². The third-order valence-electron chi connectivity index (χ3n) is 1.91. The van der Waals surface area contributed by atoms with E-state index in [-0.39, 0.29) is 3.23 Å². The first kappa shape index (κ1) is 8.27. The second-order valence-electron chi connectivity index (χ2n) is 2.65. The van der Waals surface area contributed by atoms with Crippen molar-refractivity contribution >= 4 is 47.8 Å². The standard InChI is InChI=1S/C8H5Br3/c9-7-3-1-2-6-5(7)4-8(6,10)11/h1-3H,4H2. The van der Waals surface area contributed by atoms with Crippen molar-refractivity contribution in [1.82, 2.24) is 0 Å². The first-order valence-corrected chi connectivity index (χ1v) is 5.65. The first-order chi connectivity index (χ1) is 5.11. The van der Waals surface area contributed by atoms with Gasteiger partial charge in [-0.15, -0.1) is 0 Å². The summed E-state index contributed by atoms with van der Waals surface area (Å²) in [7, 11) is 0. The predicted molar refractivity (Wildman–Crippen MR) is 57.4 cm³/mol. The number of alkyl halides is 2. The average molecular weight is 341 g/mol. The van der Waals surface area contributed by atoms with Gasteiger partial charge < -0.3 is 0 Å². The highest BCUT2D eigenvalue weighted by Crippen LogP contribution is 2.52. The minimum Gasteiger partial charge on any atom is -0.0670 e. The molecule has 0 unspecified atom stereocenters. The van der Waals surface area contributed by atoms with Crippen LogP contribution in [0.4, 0.5) is 0 Å². The molecule has 0 N–H and O–H groups in total. The van der Waals surface area contributed by atoms with Crippen LogP contribution >= 0.6 is 47.8 Å². The molecular formula is C8H5Br3. The van der Waals surface area contributed by atoms with Crippen LogP contribution in [0, 0.1) is 0 Å². The summed E-state index contributed by atoms with van der Waals surface area (Å²) in [5.41, 5.74) is 2.74. The van der Waals surface area contributed by atoms with Crippen LogP contribution in [0.3, 0.4) is 0 Å². The van der Waals surface area contributed by atoms with Gasteiger partial charge in [-0.1, -0.05) is 59.9 Å². The smallest absolute Gasteiger partial charge is 0.0670 e. The van der Waals surface area contributed by atoms with Crippen molar-refractivity contribution in [2.75, 3.05) is 0 Å². The maximum Gasteiger partial charge on any atom is 0.110 e. The van der Waals surface area contributed by atoms with E-state index in [4.69, 9.17) is 0 Å². The second kappa shape index (κ2) is 2.57. The van der Waals surface area contributed by atoms with Gasteiger partial charge in [0.05, 0.1) is 0 Å². The molecule has 1 aromatic rings. The molecule has 0 saturated heterocycles. The monoisotopic (exact) mass is 338 g/mol. The number of hydrogen-bond acceptors (Lipinski definition) is 0. The molecule has 0 amide bonds. The Kier molecular flexibility index (Phi) is 1.93. The minimum absolute atomic E-state index is 0.0408. The Hall–Kier alpha value is 0.660. The molecule has 0 radical (unpaired) electrons. The normalized spacial score (nSPS) is 18.8. The zero-order valence-electron chi connectivity index (χ0n) is 5.57. The van der Waals surface area contributed by atoms with Gasteiger partial charge in [0.25, 0.3) is 0 Å². The van der Waals surface area contributed by atoms with Crippen LogP contribution in [0.25, 0.3) is 0 Å². The Morgan fingerprint density at radius 1 is 1.27 bits per heavy atom. The molecule has 0 fully saturated rings. The number of rotatable bonds is 0. The lowest BCUT2D eigenvalue weighted by atomic mass is 9.88. The fraction of sp³-hybridized carbons (Fsp3) is 0.250. The highest BCUT2D eigenvalue weighted by atomic mass is 79.9. The topological polar surface area (TPSA) is 0 Å². The first-order valence-electron chi connectivity index (χ1n) is 3.27. The molecule has 0 atom stereocenters. The zero-order valence-corrected chi connectivity index (χ0v) is 10.3. The second-order valence-corrected chi connectivity index (χ2v) is 7.27. The SMILES string of the molecule is Brc1cccc2c1CC2(Br)Br. The van der Waals surface area contributed by atoms with Gasteiger partial charge in [-0.25, -0.2) is 0 Å². The summed E-state index contributed by atoms with van der Waals surface area (Å²) in [6, 6.07) is 6.26. The van der Waals surface area contributed by atoms with Crippen LogP contribution in [-0.4, -0.2) is 0 Å². The number of fused-ring (bicyclic) bond motifs is 1. The van der Waals surface area contributed by atoms with Crippen molar-refractivity contribution < 1.29 is 0 Å². The molecule has 0 bridgehead atoms. The lowest BCUT2D eigenvalue weighted by Gasteiger charge is -2.34. The molecular weight excluding hydrogens is 336 g/mol. The van der Waals surface area contributed by atoms with Gasteiger partial charge in [0, 0.05) is 10.9 Å². The molecule has 0 spiro atoms. The van der Waals surface area contributed by atoms with E-state index in [0.717, 1.165) is 6.42 Å². The summed E-state index contributed by atoms with van der Waals surface area (Å²) in [4.78, 5) is 0. The predicted octanol–water partition coefficient (Wildman–Crippen LogP) is 3.95. The van der Waals surface area contributed by atoms with Crippen molar-refractivity contribution in [3.8, 4) is 0 Å². The number of benzene rings is 1. The molecule has 3 heteroatoms. The summed E-state index contributed by atoms with van der Waals surface area (Å²) in [6.45, 7) is 0. The van der Waals surface area contributed by atoms with E-state index in [1.807, 2.05) is 0 Å². The average Bonchev–Trinajstić information content (AvgIpc) is 1.92. The van der Waals surface area contributed by atoms with Crippen LogP contribution < -0.4 is 0 Å². The maximum absolute atomic E-state index is 3.59. The lowest BCUT2D eigenvalue weighted by molar-refractivity contribution is 0.778. The zero-order chi connectivity index (χ0) is 8.06. The molecule has 0 aliphatic heterocycles. The van der Waals surface area contributed by atoms with E-state index >= 15 is 0 Å². The van der Waals surface area contributed by atoms with Crippen molar-refractivity contribution in [2.24, 2.45) is 0 Å². The molecule has 58 valence electrons. The van der Waals surface area contributed by atoms with E-state index in [1.165, 1.54) is 15.6 Å². The molecule has 0 saturated carbocycles. The summed E-state index contributed by atoms with van der Waals surface area (Å²) >= 11 is 10.7. The van der Waals surface area contributed by atoms with Crippen molar-refractivity contribution in [2.45, 2.75) is 9.65 Å². The maximum atomic E-state index is 3.59. The Labute approximate surface area is 90.8 Å². The molecule has 1 aromatic carbocycles. The van der Waals surface area contributed by atoms with Gasteiger partial charge in [0.15, 0.2) is 0 Å². The van der Waals surface area contributed by atoms with Crippen LogP contribution in [0.15, 0.2) is 22.7 Å². The Morgan fingerprint density at radius 2 is 2.00 bits per heavy atom. The van der Waals surface area contributed by atoms with E-state index < -0.39 is 0 Å². The molecule has 0 heterocycles. The minimum atomic E-state index is 0.0408. The number of hydrogen-bond donors (Lipinski definition) is 0.